The third kappa shape index (κ3) is 3.34. The van der Waals surface area contributed by atoms with Gasteiger partial charge >= 0.3 is 0 Å². The van der Waals surface area contributed by atoms with Gasteiger partial charge in [0.1, 0.15) is 6.33 Å². The van der Waals surface area contributed by atoms with E-state index in [1.165, 1.54) is 6.33 Å². The summed E-state index contributed by atoms with van der Waals surface area (Å²) in [5.74, 6) is 0.910. The van der Waals surface area contributed by atoms with Gasteiger partial charge < -0.3 is 5.11 Å². The average Bonchev–Trinajstić information content (AvgIpc) is 2.07. The minimum absolute atomic E-state index is 0.248. The number of aliphatic hydroxyl groups is 1. The predicted molar refractivity (Wildman–Crippen MR) is 44.5 cm³/mol. The fourth-order valence-electron chi connectivity index (χ4n) is 0.605. The van der Waals surface area contributed by atoms with Gasteiger partial charge in [-0.2, -0.15) is 0 Å². The first-order valence-corrected chi connectivity index (χ1v) is 4.41. The van der Waals surface area contributed by atoms with Gasteiger partial charge in [-0.25, -0.2) is 9.97 Å². The summed E-state index contributed by atoms with van der Waals surface area (Å²) in [4.78, 5) is 7.82. The molecule has 0 aliphatic heterocycles. The zero-order valence-corrected chi connectivity index (χ0v) is 6.92. The molecule has 4 heteroatoms. The molecule has 1 aromatic heterocycles. The van der Waals surface area contributed by atoms with E-state index in [0.717, 1.165) is 17.2 Å². The van der Waals surface area contributed by atoms with E-state index in [-0.39, 0.29) is 6.61 Å². The van der Waals surface area contributed by atoms with Crippen molar-refractivity contribution in [3.63, 3.8) is 0 Å². The number of hydrogen-bond donors (Lipinski definition) is 1. The van der Waals surface area contributed by atoms with Crippen LogP contribution < -0.4 is 0 Å². The van der Waals surface area contributed by atoms with Crippen LogP contribution in [0.3, 0.4) is 0 Å². The third-order valence-corrected chi connectivity index (χ3v) is 2.14. The predicted octanol–water partition coefficient (Wildman–Crippen LogP) is 0.951. The van der Waals surface area contributed by atoms with Crippen molar-refractivity contribution in [3.8, 4) is 0 Å². The van der Waals surface area contributed by atoms with Crippen molar-refractivity contribution >= 4 is 11.8 Å². The lowest BCUT2D eigenvalue weighted by molar-refractivity contribution is 0.296. The van der Waals surface area contributed by atoms with Gasteiger partial charge in [0.25, 0.3) is 0 Å². The van der Waals surface area contributed by atoms with Crippen LogP contribution in [-0.2, 0) is 0 Å². The van der Waals surface area contributed by atoms with Crippen LogP contribution in [0.25, 0.3) is 0 Å². The van der Waals surface area contributed by atoms with Crippen LogP contribution in [0.4, 0.5) is 0 Å². The summed E-state index contributed by atoms with van der Waals surface area (Å²) in [5, 5.41) is 9.46. The summed E-state index contributed by atoms with van der Waals surface area (Å²) in [6.45, 7) is 0.248. The summed E-state index contributed by atoms with van der Waals surface area (Å²) in [6.07, 6.45) is 4.06. The Labute approximate surface area is 69.9 Å². The Morgan fingerprint density at radius 1 is 1.55 bits per heavy atom. The quantitative estimate of drug-likeness (QED) is 0.415. The number of hydrogen-bond acceptors (Lipinski definition) is 4. The molecule has 0 radical (unpaired) electrons. The number of nitrogens with zero attached hydrogens (tertiary/aromatic N) is 2. The van der Waals surface area contributed by atoms with Crippen LogP contribution in [0.1, 0.15) is 6.42 Å². The molecule has 0 spiro atoms. The molecular formula is C7H10N2OS. The second-order valence-electron chi connectivity index (χ2n) is 1.97. The van der Waals surface area contributed by atoms with E-state index in [2.05, 4.69) is 9.97 Å². The maximum Gasteiger partial charge on any atom is 0.116 e. The van der Waals surface area contributed by atoms with Crippen molar-refractivity contribution in [2.45, 2.75) is 11.4 Å². The Morgan fingerprint density at radius 2 is 2.45 bits per heavy atom. The van der Waals surface area contributed by atoms with Crippen LogP contribution in [0, 0.1) is 0 Å². The smallest absolute Gasteiger partial charge is 0.116 e. The molecule has 0 saturated heterocycles. The molecule has 11 heavy (non-hydrogen) atoms. The number of thioether (sulfide) groups is 1. The Kier molecular flexibility index (Phi) is 3.93. The van der Waals surface area contributed by atoms with Gasteiger partial charge in [-0.15, -0.1) is 11.8 Å². The Morgan fingerprint density at radius 3 is 3.09 bits per heavy atom. The highest BCUT2D eigenvalue weighted by Gasteiger charge is 1.92. The van der Waals surface area contributed by atoms with Crippen molar-refractivity contribution < 1.29 is 5.11 Å². The van der Waals surface area contributed by atoms with E-state index in [4.69, 9.17) is 5.11 Å². The molecule has 0 amide bonds. The van der Waals surface area contributed by atoms with E-state index < -0.39 is 0 Å². The molecule has 1 heterocycles. The van der Waals surface area contributed by atoms with Crippen molar-refractivity contribution in [3.05, 3.63) is 18.6 Å². The zero-order valence-electron chi connectivity index (χ0n) is 6.10. The summed E-state index contributed by atoms with van der Waals surface area (Å²) >= 11 is 1.63. The first-order valence-electron chi connectivity index (χ1n) is 3.43. The van der Waals surface area contributed by atoms with Gasteiger partial charge in [0.2, 0.25) is 0 Å². The monoisotopic (exact) mass is 170 g/mol. The molecule has 0 atom stereocenters. The molecule has 0 saturated carbocycles. The summed E-state index contributed by atoms with van der Waals surface area (Å²) < 4.78 is 0. The highest BCUT2D eigenvalue weighted by Crippen LogP contribution is 2.13. The first kappa shape index (κ1) is 8.49. The average molecular weight is 170 g/mol. The van der Waals surface area contributed by atoms with Crippen LogP contribution in [0.2, 0.25) is 0 Å². The normalized spacial score (nSPS) is 9.91. The van der Waals surface area contributed by atoms with Crippen LogP contribution in [-0.4, -0.2) is 27.4 Å². The summed E-state index contributed by atoms with van der Waals surface area (Å²) in [7, 11) is 0. The second-order valence-corrected chi connectivity index (χ2v) is 3.09. The molecule has 0 aromatic carbocycles. The van der Waals surface area contributed by atoms with Gasteiger partial charge in [0.05, 0.1) is 5.03 Å². The minimum Gasteiger partial charge on any atom is -0.396 e. The molecular weight excluding hydrogens is 160 g/mol. The van der Waals surface area contributed by atoms with Crippen molar-refractivity contribution in [1.29, 1.82) is 0 Å². The Hall–Kier alpha value is -0.610. The van der Waals surface area contributed by atoms with E-state index >= 15 is 0 Å². The lowest BCUT2D eigenvalue weighted by atomic mass is 10.5. The molecule has 1 aromatic rings. The SMILES string of the molecule is OCCCSc1ccncn1. The summed E-state index contributed by atoms with van der Waals surface area (Å²) in [5.41, 5.74) is 0. The van der Waals surface area contributed by atoms with Gasteiger partial charge in [-0.3, -0.25) is 0 Å². The number of aliphatic hydroxyl groups excluding tert-OH is 1. The maximum atomic E-state index is 8.50. The van der Waals surface area contributed by atoms with Gasteiger partial charge in [0.15, 0.2) is 0 Å². The molecule has 0 aliphatic rings. The standard InChI is InChI=1S/C7H10N2OS/c10-4-1-5-11-7-2-3-8-6-9-7/h2-3,6,10H,1,4-5H2. The van der Waals surface area contributed by atoms with Crippen molar-refractivity contribution in [2.24, 2.45) is 0 Å². The molecule has 0 bridgehead atoms. The Balaban J connectivity index is 2.28. The largest absolute Gasteiger partial charge is 0.396 e. The molecule has 60 valence electrons. The molecule has 1 rings (SSSR count). The van der Waals surface area contributed by atoms with Gasteiger partial charge in [-0.05, 0) is 12.5 Å². The highest BCUT2D eigenvalue weighted by molar-refractivity contribution is 7.99. The van der Waals surface area contributed by atoms with Crippen molar-refractivity contribution in [1.82, 2.24) is 9.97 Å². The van der Waals surface area contributed by atoms with Crippen LogP contribution >= 0.6 is 11.8 Å². The topological polar surface area (TPSA) is 46.0 Å². The molecule has 0 unspecified atom stereocenters. The first-order chi connectivity index (χ1) is 5.43. The molecule has 1 N–H and O–H groups in total. The lowest BCUT2D eigenvalue weighted by Crippen LogP contribution is -1.87. The zero-order chi connectivity index (χ0) is 7.94. The van der Waals surface area contributed by atoms with Gasteiger partial charge in [-0.1, -0.05) is 0 Å². The third-order valence-electron chi connectivity index (χ3n) is 1.11. The molecule has 0 aliphatic carbocycles. The fourth-order valence-corrected chi connectivity index (χ4v) is 1.37. The van der Waals surface area contributed by atoms with Gasteiger partial charge in [0, 0.05) is 18.6 Å². The maximum absolute atomic E-state index is 8.50. The fraction of sp³-hybridized carbons (Fsp3) is 0.429. The second kappa shape index (κ2) is 5.09. The number of rotatable bonds is 4. The lowest BCUT2D eigenvalue weighted by Gasteiger charge is -1.96. The van der Waals surface area contributed by atoms with Crippen LogP contribution in [0.15, 0.2) is 23.6 Å². The van der Waals surface area contributed by atoms with Crippen molar-refractivity contribution in [2.75, 3.05) is 12.4 Å². The summed E-state index contributed by atoms with van der Waals surface area (Å²) in [6, 6.07) is 1.86. The number of aromatic nitrogens is 2. The Bertz CT molecular complexity index is 193. The minimum atomic E-state index is 0.248. The van der Waals surface area contributed by atoms with E-state index in [0.29, 0.717) is 0 Å². The molecule has 3 nitrogen and oxygen atoms in total. The van der Waals surface area contributed by atoms with Crippen LogP contribution in [0.5, 0.6) is 0 Å². The van der Waals surface area contributed by atoms with E-state index in [9.17, 15) is 0 Å². The molecule has 0 fully saturated rings. The van der Waals surface area contributed by atoms with E-state index in [1.54, 1.807) is 18.0 Å². The van der Waals surface area contributed by atoms with E-state index in [1.807, 2.05) is 6.07 Å². The highest BCUT2D eigenvalue weighted by atomic mass is 32.2.